The van der Waals surface area contributed by atoms with Crippen LogP contribution in [0.15, 0.2) is 29.1 Å². The molecular weight excluding hydrogens is 452 g/mol. The van der Waals surface area contributed by atoms with Crippen LogP contribution in [0, 0.1) is 5.92 Å². The third-order valence-electron chi connectivity index (χ3n) is 6.16. The zero-order valence-electron chi connectivity index (χ0n) is 20.9. The molecule has 0 unspecified atom stereocenters. The molecule has 0 aliphatic heterocycles. The first-order valence-corrected chi connectivity index (χ1v) is 11.4. The SMILES string of the molecule is COc1cc2c(c(OC)c1OC)-c1ccc(N[C@@H](C(=O)O)C(C)C)c(=O)cc1[C@@H](NC(C)=O)CC2. The fraction of sp³-hybridized carbons (Fsp3) is 0.423. The number of carbonyl (C=O) groups is 2. The maximum atomic E-state index is 13.3. The molecule has 0 heterocycles. The Balaban J connectivity index is 2.34. The topological polar surface area (TPSA) is 123 Å². The molecule has 188 valence electrons. The number of carboxylic acid groups (broad SMARTS) is 1. The molecule has 1 amide bonds. The molecule has 0 saturated heterocycles. The van der Waals surface area contributed by atoms with Gasteiger partial charge in [-0.2, -0.15) is 0 Å². The van der Waals surface area contributed by atoms with E-state index in [4.69, 9.17) is 14.2 Å². The molecule has 0 aromatic heterocycles. The quantitative estimate of drug-likeness (QED) is 0.521. The number of aryl methyl sites for hydroxylation is 1. The Kier molecular flexibility index (Phi) is 7.89. The first-order chi connectivity index (χ1) is 16.6. The number of aliphatic carboxylic acids is 1. The lowest BCUT2D eigenvalue weighted by Crippen LogP contribution is -2.35. The molecule has 0 fully saturated rings. The van der Waals surface area contributed by atoms with Gasteiger partial charge in [-0.15, -0.1) is 0 Å². The van der Waals surface area contributed by atoms with E-state index in [-0.39, 0.29) is 22.9 Å². The first-order valence-electron chi connectivity index (χ1n) is 11.4. The van der Waals surface area contributed by atoms with Crippen molar-refractivity contribution in [2.45, 2.75) is 45.7 Å². The normalized spacial score (nSPS) is 15.2. The number of nitrogens with one attached hydrogen (secondary N) is 2. The largest absolute Gasteiger partial charge is 0.493 e. The lowest BCUT2D eigenvalue weighted by atomic mass is 9.95. The summed E-state index contributed by atoms with van der Waals surface area (Å²) in [7, 11) is 4.59. The number of methoxy groups -OCH3 is 3. The van der Waals surface area contributed by atoms with Crippen molar-refractivity contribution >= 4 is 17.6 Å². The van der Waals surface area contributed by atoms with Crippen LogP contribution in [0.4, 0.5) is 5.69 Å². The molecule has 1 aliphatic carbocycles. The van der Waals surface area contributed by atoms with E-state index in [1.54, 1.807) is 33.1 Å². The monoisotopic (exact) mass is 484 g/mol. The lowest BCUT2D eigenvalue weighted by molar-refractivity contribution is -0.138. The van der Waals surface area contributed by atoms with Crippen molar-refractivity contribution in [3.8, 4) is 28.4 Å². The van der Waals surface area contributed by atoms with Gasteiger partial charge in [0.2, 0.25) is 17.1 Å². The lowest BCUT2D eigenvalue weighted by Gasteiger charge is -2.19. The maximum absolute atomic E-state index is 13.3. The summed E-state index contributed by atoms with van der Waals surface area (Å²) in [6.45, 7) is 4.96. The molecule has 2 atom stereocenters. The number of amides is 1. The van der Waals surface area contributed by atoms with Crippen LogP contribution in [0.5, 0.6) is 17.2 Å². The zero-order chi connectivity index (χ0) is 25.9. The van der Waals surface area contributed by atoms with E-state index >= 15 is 0 Å². The minimum atomic E-state index is -1.05. The van der Waals surface area contributed by atoms with Gasteiger partial charge in [-0.1, -0.05) is 19.9 Å². The fourth-order valence-electron chi connectivity index (χ4n) is 4.51. The van der Waals surface area contributed by atoms with Gasteiger partial charge in [-0.05, 0) is 53.6 Å². The predicted molar refractivity (Wildman–Crippen MR) is 133 cm³/mol. The van der Waals surface area contributed by atoms with Crippen LogP contribution >= 0.6 is 0 Å². The summed E-state index contributed by atoms with van der Waals surface area (Å²) in [5.74, 6) is -0.151. The van der Waals surface area contributed by atoms with Gasteiger partial charge in [0.05, 0.1) is 33.1 Å². The van der Waals surface area contributed by atoms with Gasteiger partial charge in [0.1, 0.15) is 6.04 Å². The number of fused-ring (bicyclic) bond motifs is 3. The summed E-state index contributed by atoms with van der Waals surface area (Å²) >= 11 is 0. The molecule has 2 aromatic carbocycles. The van der Waals surface area contributed by atoms with Gasteiger partial charge < -0.3 is 30.0 Å². The average Bonchev–Trinajstić information content (AvgIpc) is 3.04. The van der Waals surface area contributed by atoms with Gasteiger partial charge in [0.15, 0.2) is 11.5 Å². The molecule has 0 bridgehead atoms. The van der Waals surface area contributed by atoms with Gasteiger partial charge in [-0.3, -0.25) is 9.59 Å². The van der Waals surface area contributed by atoms with Crippen LogP contribution < -0.4 is 30.3 Å². The van der Waals surface area contributed by atoms with Crippen LogP contribution in [-0.2, 0) is 16.0 Å². The molecule has 35 heavy (non-hydrogen) atoms. The molecule has 3 rings (SSSR count). The highest BCUT2D eigenvalue weighted by Crippen LogP contribution is 2.50. The second kappa shape index (κ2) is 10.7. The number of rotatable bonds is 8. The van der Waals surface area contributed by atoms with E-state index in [9.17, 15) is 19.5 Å². The Morgan fingerprint density at radius 3 is 2.29 bits per heavy atom. The molecule has 0 spiro atoms. The van der Waals surface area contributed by atoms with Crippen molar-refractivity contribution in [2.24, 2.45) is 5.92 Å². The molecule has 2 aromatic rings. The Morgan fingerprint density at radius 2 is 1.74 bits per heavy atom. The summed E-state index contributed by atoms with van der Waals surface area (Å²) in [5, 5.41) is 15.4. The molecule has 9 nitrogen and oxygen atoms in total. The highest BCUT2D eigenvalue weighted by atomic mass is 16.5. The standard InChI is InChI=1S/C26H32N2O7/c1-13(2)23(26(31)32)28-19-10-8-16-17(12-20(19)30)18(27-14(3)29)9-7-15-11-21(33-4)24(34-5)25(35-6)22(15)16/h8,10-13,18,23H,7,9H2,1-6H3,(H,27,29)(H,28,30)(H,31,32)/t18-,23+/m0/s1. The predicted octanol–water partition coefficient (Wildman–Crippen LogP) is 3.38. The maximum Gasteiger partial charge on any atom is 0.326 e. The number of hydrogen-bond donors (Lipinski definition) is 3. The number of carboxylic acids is 1. The highest BCUT2D eigenvalue weighted by Gasteiger charge is 2.30. The molecule has 0 saturated carbocycles. The van der Waals surface area contributed by atoms with Gasteiger partial charge in [-0.25, -0.2) is 4.79 Å². The van der Waals surface area contributed by atoms with E-state index in [2.05, 4.69) is 10.6 Å². The molecule has 9 heteroatoms. The van der Waals surface area contributed by atoms with Gasteiger partial charge in [0.25, 0.3) is 0 Å². The number of carbonyl (C=O) groups excluding carboxylic acids is 1. The smallest absolute Gasteiger partial charge is 0.326 e. The van der Waals surface area contributed by atoms with Crippen molar-refractivity contribution in [3.63, 3.8) is 0 Å². The molecular formula is C26H32N2O7. The molecule has 3 N–H and O–H groups in total. The highest BCUT2D eigenvalue weighted by molar-refractivity contribution is 5.84. The van der Waals surface area contributed by atoms with Crippen molar-refractivity contribution in [3.05, 3.63) is 45.6 Å². The van der Waals surface area contributed by atoms with Crippen LogP contribution in [0.2, 0.25) is 0 Å². The zero-order valence-corrected chi connectivity index (χ0v) is 20.9. The number of ether oxygens (including phenoxy) is 3. The average molecular weight is 485 g/mol. The van der Waals surface area contributed by atoms with Crippen LogP contribution in [0.25, 0.3) is 11.1 Å². The van der Waals surface area contributed by atoms with Crippen LogP contribution in [0.1, 0.15) is 44.4 Å². The molecule has 0 radical (unpaired) electrons. The van der Waals surface area contributed by atoms with Gasteiger partial charge in [0, 0.05) is 12.5 Å². The van der Waals surface area contributed by atoms with Crippen molar-refractivity contribution in [2.75, 3.05) is 26.6 Å². The number of hydrogen-bond acceptors (Lipinski definition) is 7. The van der Waals surface area contributed by atoms with Gasteiger partial charge >= 0.3 is 5.97 Å². The Labute approximate surface area is 204 Å². The number of anilines is 1. The summed E-state index contributed by atoms with van der Waals surface area (Å²) in [4.78, 5) is 37.0. The first kappa shape index (κ1) is 25.9. The van der Waals surface area contributed by atoms with E-state index in [0.717, 1.165) is 11.1 Å². The van der Waals surface area contributed by atoms with Crippen molar-refractivity contribution < 1.29 is 28.9 Å². The second-order valence-electron chi connectivity index (χ2n) is 8.80. The van der Waals surface area contributed by atoms with Crippen LogP contribution in [-0.4, -0.2) is 44.4 Å². The number of benzene rings is 1. The summed E-state index contributed by atoms with van der Waals surface area (Å²) < 4.78 is 16.9. The summed E-state index contributed by atoms with van der Waals surface area (Å²) in [6.07, 6.45) is 1.12. The van der Waals surface area contributed by atoms with E-state index in [0.29, 0.717) is 41.2 Å². The summed E-state index contributed by atoms with van der Waals surface area (Å²) in [5.41, 5.74) is 2.70. The minimum absolute atomic E-state index is 0.154. The third kappa shape index (κ3) is 5.18. The minimum Gasteiger partial charge on any atom is -0.493 e. The third-order valence-corrected chi connectivity index (χ3v) is 6.16. The molecule has 1 aliphatic rings. The van der Waals surface area contributed by atoms with E-state index in [1.807, 2.05) is 6.07 Å². The van der Waals surface area contributed by atoms with Crippen molar-refractivity contribution in [1.29, 1.82) is 0 Å². The van der Waals surface area contributed by atoms with Crippen molar-refractivity contribution in [1.82, 2.24) is 5.32 Å². The summed E-state index contributed by atoms with van der Waals surface area (Å²) in [6, 6.07) is 5.29. The Hall–Kier alpha value is -3.75. The van der Waals surface area contributed by atoms with E-state index in [1.165, 1.54) is 27.2 Å². The van der Waals surface area contributed by atoms with Crippen LogP contribution in [0.3, 0.4) is 0 Å². The van der Waals surface area contributed by atoms with E-state index < -0.39 is 18.1 Å². The Morgan fingerprint density at radius 1 is 1.06 bits per heavy atom. The second-order valence-corrected chi connectivity index (χ2v) is 8.80. The Bertz CT molecular complexity index is 1190. The fourth-order valence-corrected chi connectivity index (χ4v) is 4.51.